The molecule has 0 rings (SSSR count). The van der Waals surface area contributed by atoms with Crippen LogP contribution in [0.15, 0.2) is 0 Å². The first kappa shape index (κ1) is 12.7. The zero-order valence-electron chi connectivity index (χ0n) is 7.32. The third-order valence-electron chi connectivity index (χ3n) is 1.49. The minimum Gasteiger partial charge on any atom is -0.381 e. The highest BCUT2D eigenvalue weighted by atomic mass is 19.2. The molecule has 0 aromatic heterocycles. The summed E-state index contributed by atoms with van der Waals surface area (Å²) in [5, 5.41) is 0. The Morgan fingerprint density at radius 3 is 1.54 bits per heavy atom. The summed E-state index contributed by atoms with van der Waals surface area (Å²) in [6.45, 7) is -1.96. The van der Waals surface area contributed by atoms with Gasteiger partial charge in [0.2, 0.25) is 0 Å². The molecule has 0 fully saturated rings. The van der Waals surface area contributed by atoms with E-state index in [1.165, 1.54) is 0 Å². The van der Waals surface area contributed by atoms with Crippen LogP contribution in [-0.2, 0) is 4.74 Å². The summed E-state index contributed by atoms with van der Waals surface area (Å²) in [6, 6.07) is 0. The third-order valence-corrected chi connectivity index (χ3v) is 1.49. The second-order valence-corrected chi connectivity index (χ2v) is 2.69. The Hall–Kier alpha value is -0.320. The van der Waals surface area contributed by atoms with E-state index in [1.54, 1.807) is 0 Å². The van der Waals surface area contributed by atoms with Gasteiger partial charge < -0.3 is 4.74 Å². The van der Waals surface area contributed by atoms with Crippen LogP contribution in [0.4, 0.5) is 17.6 Å². The number of ether oxygens (including phenoxy) is 1. The second kappa shape index (κ2) is 8.29. The highest BCUT2D eigenvalue weighted by Crippen LogP contribution is 2.01. The standard InChI is InChI=1S/C8H14F4O/c9-5-7(11)1-3-13-4-2-8(12)6-10/h7-8H,1-6H2. The topological polar surface area (TPSA) is 9.23 Å². The summed E-state index contributed by atoms with van der Waals surface area (Å²) in [6.07, 6.45) is -3.10. The predicted molar refractivity (Wildman–Crippen MR) is 41.8 cm³/mol. The van der Waals surface area contributed by atoms with Gasteiger partial charge in [-0.05, 0) is 0 Å². The Balaban J connectivity index is 3.08. The lowest BCUT2D eigenvalue weighted by molar-refractivity contribution is 0.0851. The van der Waals surface area contributed by atoms with Crippen molar-refractivity contribution >= 4 is 0 Å². The number of alkyl halides is 4. The van der Waals surface area contributed by atoms with Gasteiger partial charge in [-0.25, -0.2) is 17.6 Å². The lowest BCUT2D eigenvalue weighted by Gasteiger charge is -2.06. The molecule has 0 spiro atoms. The largest absolute Gasteiger partial charge is 0.381 e. The van der Waals surface area contributed by atoms with Crippen molar-refractivity contribution in [3.63, 3.8) is 0 Å². The quantitative estimate of drug-likeness (QED) is 0.434. The number of hydrogen-bond donors (Lipinski definition) is 0. The molecule has 0 radical (unpaired) electrons. The summed E-state index contributed by atoms with van der Waals surface area (Å²) < 4.78 is 52.2. The van der Waals surface area contributed by atoms with Crippen molar-refractivity contribution in [3.8, 4) is 0 Å². The zero-order valence-corrected chi connectivity index (χ0v) is 7.32. The average Bonchev–Trinajstić information content (AvgIpc) is 2.16. The minimum absolute atomic E-state index is 0.0386. The van der Waals surface area contributed by atoms with E-state index in [-0.39, 0.29) is 26.1 Å². The van der Waals surface area contributed by atoms with Crippen molar-refractivity contribution in [2.45, 2.75) is 25.2 Å². The number of halogens is 4. The first-order valence-corrected chi connectivity index (χ1v) is 4.18. The molecule has 0 aliphatic heterocycles. The monoisotopic (exact) mass is 202 g/mol. The van der Waals surface area contributed by atoms with Crippen LogP contribution < -0.4 is 0 Å². The molecule has 2 unspecified atom stereocenters. The van der Waals surface area contributed by atoms with E-state index in [9.17, 15) is 17.6 Å². The van der Waals surface area contributed by atoms with Gasteiger partial charge in [-0.1, -0.05) is 0 Å². The Morgan fingerprint density at radius 2 is 1.23 bits per heavy atom. The molecule has 0 aliphatic carbocycles. The van der Waals surface area contributed by atoms with Crippen LogP contribution in [0.25, 0.3) is 0 Å². The zero-order chi connectivity index (χ0) is 10.1. The Bertz CT molecular complexity index is 100. The van der Waals surface area contributed by atoms with Gasteiger partial charge >= 0.3 is 0 Å². The van der Waals surface area contributed by atoms with E-state index in [2.05, 4.69) is 0 Å². The molecule has 1 nitrogen and oxygen atoms in total. The van der Waals surface area contributed by atoms with Crippen LogP contribution in [0.3, 0.4) is 0 Å². The van der Waals surface area contributed by atoms with E-state index in [1.807, 2.05) is 0 Å². The van der Waals surface area contributed by atoms with Crippen molar-refractivity contribution < 1.29 is 22.3 Å². The van der Waals surface area contributed by atoms with Crippen LogP contribution >= 0.6 is 0 Å². The van der Waals surface area contributed by atoms with Crippen molar-refractivity contribution in [1.82, 2.24) is 0 Å². The smallest absolute Gasteiger partial charge is 0.131 e. The third kappa shape index (κ3) is 8.02. The van der Waals surface area contributed by atoms with Gasteiger partial charge in [0.1, 0.15) is 25.7 Å². The van der Waals surface area contributed by atoms with Crippen LogP contribution in [-0.4, -0.2) is 38.9 Å². The van der Waals surface area contributed by atoms with Crippen molar-refractivity contribution in [2.75, 3.05) is 26.6 Å². The van der Waals surface area contributed by atoms with E-state index < -0.39 is 25.7 Å². The fourth-order valence-electron chi connectivity index (χ4n) is 0.679. The van der Waals surface area contributed by atoms with Crippen molar-refractivity contribution in [2.24, 2.45) is 0 Å². The van der Waals surface area contributed by atoms with E-state index in [0.717, 1.165) is 0 Å². The highest BCUT2D eigenvalue weighted by molar-refractivity contribution is 4.54. The van der Waals surface area contributed by atoms with Gasteiger partial charge in [-0.15, -0.1) is 0 Å². The number of hydrogen-bond acceptors (Lipinski definition) is 1. The molecule has 0 aromatic carbocycles. The molecule has 0 aliphatic rings. The lowest BCUT2D eigenvalue weighted by atomic mass is 10.3. The van der Waals surface area contributed by atoms with Gasteiger partial charge in [-0.3, -0.25) is 0 Å². The Morgan fingerprint density at radius 1 is 0.846 bits per heavy atom. The summed E-state index contributed by atoms with van der Waals surface area (Å²) in [5.41, 5.74) is 0. The van der Waals surface area contributed by atoms with Crippen molar-refractivity contribution in [3.05, 3.63) is 0 Å². The molecular weight excluding hydrogens is 188 g/mol. The van der Waals surface area contributed by atoms with Gasteiger partial charge in [0, 0.05) is 26.1 Å². The maximum absolute atomic E-state index is 12.2. The molecule has 0 heterocycles. The molecular formula is C8H14F4O. The fraction of sp³-hybridized carbons (Fsp3) is 1.00. The predicted octanol–water partition coefficient (Wildman–Crippen LogP) is 2.40. The van der Waals surface area contributed by atoms with Crippen LogP contribution in [0, 0.1) is 0 Å². The molecule has 0 saturated carbocycles. The maximum Gasteiger partial charge on any atom is 0.131 e. The van der Waals surface area contributed by atoms with Crippen LogP contribution in [0.2, 0.25) is 0 Å². The number of rotatable bonds is 8. The lowest BCUT2D eigenvalue weighted by Crippen LogP contribution is -2.11. The molecule has 0 saturated heterocycles. The van der Waals surface area contributed by atoms with E-state index >= 15 is 0 Å². The normalized spacial score (nSPS) is 15.7. The first-order valence-electron chi connectivity index (χ1n) is 4.18. The fourth-order valence-corrected chi connectivity index (χ4v) is 0.679. The Kier molecular flexibility index (Phi) is 8.08. The van der Waals surface area contributed by atoms with Gasteiger partial charge in [0.15, 0.2) is 0 Å². The van der Waals surface area contributed by atoms with Crippen LogP contribution in [0.5, 0.6) is 0 Å². The highest BCUT2D eigenvalue weighted by Gasteiger charge is 2.07. The molecule has 0 aromatic rings. The summed E-state index contributed by atoms with van der Waals surface area (Å²) in [4.78, 5) is 0. The summed E-state index contributed by atoms with van der Waals surface area (Å²) >= 11 is 0. The molecule has 0 amide bonds. The average molecular weight is 202 g/mol. The van der Waals surface area contributed by atoms with Gasteiger partial charge in [0.25, 0.3) is 0 Å². The van der Waals surface area contributed by atoms with E-state index in [4.69, 9.17) is 4.74 Å². The van der Waals surface area contributed by atoms with Crippen LogP contribution in [0.1, 0.15) is 12.8 Å². The molecule has 80 valence electrons. The summed E-state index contributed by atoms with van der Waals surface area (Å²) in [7, 11) is 0. The van der Waals surface area contributed by atoms with E-state index in [0.29, 0.717) is 0 Å². The SMILES string of the molecule is FCC(F)CCOCCC(F)CF. The molecule has 0 bridgehead atoms. The molecule has 13 heavy (non-hydrogen) atoms. The molecule has 2 atom stereocenters. The van der Waals surface area contributed by atoms with Gasteiger partial charge in [0.05, 0.1) is 0 Å². The molecule has 5 heteroatoms. The minimum atomic E-state index is -1.51. The summed E-state index contributed by atoms with van der Waals surface area (Å²) in [5.74, 6) is 0. The maximum atomic E-state index is 12.2. The Labute approximate surface area is 75.1 Å². The molecule has 0 N–H and O–H groups in total. The first-order chi connectivity index (χ1) is 6.20. The second-order valence-electron chi connectivity index (χ2n) is 2.69. The van der Waals surface area contributed by atoms with Crippen molar-refractivity contribution in [1.29, 1.82) is 0 Å². The van der Waals surface area contributed by atoms with Gasteiger partial charge in [-0.2, -0.15) is 0 Å².